The minimum Gasteiger partial charge on any atom is -0.396 e. The summed E-state index contributed by atoms with van der Waals surface area (Å²) in [4.78, 5) is 1.18. The molecular formula is C12H18O2S. The molecule has 3 heteroatoms. The van der Waals surface area contributed by atoms with Gasteiger partial charge in [0.15, 0.2) is 0 Å². The normalized spacial score (nSPS) is 14.9. The molecule has 2 nitrogen and oxygen atoms in total. The van der Waals surface area contributed by atoms with E-state index in [0.717, 1.165) is 12.0 Å². The SMILES string of the molecule is CC(CCO)Sc1ccc(C(C)O)cc1. The van der Waals surface area contributed by atoms with Crippen LogP contribution in [0.3, 0.4) is 0 Å². The van der Waals surface area contributed by atoms with Gasteiger partial charge in [-0.15, -0.1) is 11.8 Å². The zero-order valence-corrected chi connectivity index (χ0v) is 10.00. The van der Waals surface area contributed by atoms with Gasteiger partial charge in [-0.1, -0.05) is 19.1 Å². The van der Waals surface area contributed by atoms with E-state index in [0.29, 0.717) is 5.25 Å². The highest BCUT2D eigenvalue weighted by Crippen LogP contribution is 2.26. The molecule has 0 heterocycles. The Labute approximate surface area is 95.3 Å². The standard InChI is InChI=1S/C12H18O2S/c1-9(7-8-13)15-12-5-3-11(4-6-12)10(2)14/h3-6,9-10,13-14H,7-8H2,1-2H3. The van der Waals surface area contributed by atoms with Crippen LogP contribution in [0, 0.1) is 0 Å². The van der Waals surface area contributed by atoms with Crippen LogP contribution in [0.4, 0.5) is 0 Å². The van der Waals surface area contributed by atoms with Gasteiger partial charge in [-0.25, -0.2) is 0 Å². The monoisotopic (exact) mass is 226 g/mol. The Morgan fingerprint density at radius 2 is 1.80 bits per heavy atom. The third-order valence-corrected chi connectivity index (χ3v) is 3.42. The molecule has 0 amide bonds. The van der Waals surface area contributed by atoms with Gasteiger partial charge in [-0.2, -0.15) is 0 Å². The van der Waals surface area contributed by atoms with E-state index >= 15 is 0 Å². The van der Waals surface area contributed by atoms with E-state index < -0.39 is 6.10 Å². The van der Waals surface area contributed by atoms with Gasteiger partial charge < -0.3 is 10.2 Å². The fraction of sp³-hybridized carbons (Fsp3) is 0.500. The molecule has 0 bridgehead atoms. The topological polar surface area (TPSA) is 40.5 Å². The molecule has 0 aliphatic heterocycles. The lowest BCUT2D eigenvalue weighted by molar-refractivity contribution is 0.199. The maximum absolute atomic E-state index is 9.34. The molecule has 0 fully saturated rings. The van der Waals surface area contributed by atoms with E-state index in [9.17, 15) is 5.11 Å². The van der Waals surface area contributed by atoms with E-state index in [4.69, 9.17) is 5.11 Å². The molecule has 0 radical (unpaired) electrons. The predicted molar refractivity (Wildman–Crippen MR) is 64.1 cm³/mol. The lowest BCUT2D eigenvalue weighted by Crippen LogP contribution is -1.99. The number of aliphatic hydroxyl groups excluding tert-OH is 2. The van der Waals surface area contributed by atoms with Crippen molar-refractivity contribution in [2.75, 3.05) is 6.61 Å². The third kappa shape index (κ3) is 4.24. The van der Waals surface area contributed by atoms with Crippen LogP contribution < -0.4 is 0 Å². The molecular weight excluding hydrogens is 208 g/mol. The van der Waals surface area contributed by atoms with Crippen molar-refractivity contribution in [1.29, 1.82) is 0 Å². The fourth-order valence-corrected chi connectivity index (χ4v) is 2.28. The second-order valence-electron chi connectivity index (χ2n) is 3.69. The summed E-state index contributed by atoms with van der Waals surface area (Å²) >= 11 is 1.75. The second-order valence-corrected chi connectivity index (χ2v) is 5.20. The van der Waals surface area contributed by atoms with Crippen molar-refractivity contribution >= 4 is 11.8 Å². The van der Waals surface area contributed by atoms with Gasteiger partial charge in [0.25, 0.3) is 0 Å². The average molecular weight is 226 g/mol. The van der Waals surface area contributed by atoms with Crippen LogP contribution in [0.15, 0.2) is 29.2 Å². The van der Waals surface area contributed by atoms with Crippen molar-refractivity contribution in [3.63, 3.8) is 0 Å². The Kier molecular flexibility index (Phi) is 5.15. The molecule has 0 saturated heterocycles. The number of hydrogen-bond donors (Lipinski definition) is 2. The smallest absolute Gasteiger partial charge is 0.0761 e. The van der Waals surface area contributed by atoms with Crippen LogP contribution in [0.2, 0.25) is 0 Å². The van der Waals surface area contributed by atoms with Crippen molar-refractivity contribution in [2.24, 2.45) is 0 Å². The summed E-state index contributed by atoms with van der Waals surface area (Å²) < 4.78 is 0. The molecule has 2 atom stereocenters. The number of rotatable bonds is 5. The van der Waals surface area contributed by atoms with Crippen molar-refractivity contribution in [1.82, 2.24) is 0 Å². The predicted octanol–water partition coefficient (Wildman–Crippen LogP) is 2.60. The number of benzene rings is 1. The fourth-order valence-electron chi connectivity index (χ4n) is 1.30. The van der Waals surface area contributed by atoms with Crippen LogP contribution in [0.5, 0.6) is 0 Å². The van der Waals surface area contributed by atoms with Crippen LogP contribution >= 0.6 is 11.8 Å². The Morgan fingerprint density at radius 3 is 2.27 bits per heavy atom. The first kappa shape index (κ1) is 12.6. The Balaban J connectivity index is 2.56. The zero-order chi connectivity index (χ0) is 11.3. The molecule has 0 aliphatic carbocycles. The van der Waals surface area contributed by atoms with Crippen LogP contribution in [-0.2, 0) is 0 Å². The summed E-state index contributed by atoms with van der Waals surface area (Å²) in [5.74, 6) is 0. The lowest BCUT2D eigenvalue weighted by atomic mass is 10.1. The molecule has 1 aromatic rings. The van der Waals surface area contributed by atoms with Gasteiger partial charge in [0.05, 0.1) is 6.10 Å². The molecule has 1 rings (SSSR count). The van der Waals surface area contributed by atoms with Gasteiger partial charge in [-0.05, 0) is 31.0 Å². The molecule has 0 aliphatic rings. The van der Waals surface area contributed by atoms with Crippen LogP contribution in [0.25, 0.3) is 0 Å². The first-order valence-electron chi connectivity index (χ1n) is 5.19. The maximum atomic E-state index is 9.34. The summed E-state index contributed by atoms with van der Waals surface area (Å²) in [6.07, 6.45) is 0.405. The van der Waals surface area contributed by atoms with Crippen molar-refractivity contribution in [2.45, 2.75) is 36.5 Å². The molecule has 15 heavy (non-hydrogen) atoms. The minimum atomic E-state index is -0.404. The first-order valence-corrected chi connectivity index (χ1v) is 6.07. The Hall–Kier alpha value is -0.510. The maximum Gasteiger partial charge on any atom is 0.0761 e. The highest BCUT2D eigenvalue weighted by atomic mass is 32.2. The van der Waals surface area contributed by atoms with Gasteiger partial charge >= 0.3 is 0 Å². The van der Waals surface area contributed by atoms with E-state index in [1.54, 1.807) is 18.7 Å². The zero-order valence-electron chi connectivity index (χ0n) is 9.18. The summed E-state index contributed by atoms with van der Waals surface area (Å²) in [5.41, 5.74) is 0.939. The average Bonchev–Trinajstić information content (AvgIpc) is 2.18. The molecule has 0 aromatic heterocycles. The van der Waals surface area contributed by atoms with E-state index in [1.165, 1.54) is 4.90 Å². The quantitative estimate of drug-likeness (QED) is 0.758. The molecule has 1 aromatic carbocycles. The Morgan fingerprint density at radius 1 is 1.20 bits per heavy atom. The van der Waals surface area contributed by atoms with Gasteiger partial charge in [0, 0.05) is 16.8 Å². The largest absolute Gasteiger partial charge is 0.396 e. The van der Waals surface area contributed by atoms with Crippen molar-refractivity contribution in [3.8, 4) is 0 Å². The highest BCUT2D eigenvalue weighted by molar-refractivity contribution is 7.99. The Bertz CT molecular complexity index is 282. The van der Waals surface area contributed by atoms with Crippen LogP contribution in [-0.4, -0.2) is 22.1 Å². The van der Waals surface area contributed by atoms with Crippen molar-refractivity contribution < 1.29 is 10.2 Å². The highest BCUT2D eigenvalue weighted by Gasteiger charge is 2.04. The molecule has 84 valence electrons. The summed E-state index contributed by atoms with van der Waals surface area (Å²) in [7, 11) is 0. The van der Waals surface area contributed by atoms with Gasteiger partial charge in [-0.3, -0.25) is 0 Å². The van der Waals surface area contributed by atoms with E-state index in [1.807, 2.05) is 24.3 Å². The third-order valence-electron chi connectivity index (χ3n) is 2.24. The van der Waals surface area contributed by atoms with Crippen LogP contribution in [0.1, 0.15) is 31.9 Å². The van der Waals surface area contributed by atoms with E-state index in [-0.39, 0.29) is 6.61 Å². The van der Waals surface area contributed by atoms with Gasteiger partial charge in [0.1, 0.15) is 0 Å². The van der Waals surface area contributed by atoms with Gasteiger partial charge in [0.2, 0.25) is 0 Å². The lowest BCUT2D eigenvalue weighted by Gasteiger charge is -2.10. The molecule has 0 spiro atoms. The number of thioether (sulfide) groups is 1. The number of hydrogen-bond acceptors (Lipinski definition) is 3. The molecule has 0 saturated carbocycles. The molecule has 2 N–H and O–H groups in total. The van der Waals surface area contributed by atoms with Crippen molar-refractivity contribution in [3.05, 3.63) is 29.8 Å². The van der Waals surface area contributed by atoms with E-state index in [2.05, 4.69) is 6.92 Å². The summed E-state index contributed by atoms with van der Waals surface area (Å²) in [5, 5.41) is 18.5. The minimum absolute atomic E-state index is 0.236. The first-order chi connectivity index (χ1) is 7.13. The summed E-state index contributed by atoms with van der Waals surface area (Å²) in [6.45, 7) is 4.10. The molecule has 2 unspecified atom stereocenters. The summed E-state index contributed by atoms with van der Waals surface area (Å²) in [6, 6.07) is 7.92. The number of aliphatic hydroxyl groups is 2. The second kappa shape index (κ2) is 6.16.